The fourth-order valence-corrected chi connectivity index (χ4v) is 1.44. The first kappa shape index (κ1) is 12.6. The molecule has 1 rings (SSSR count). The van der Waals surface area contributed by atoms with Crippen molar-refractivity contribution in [3.63, 3.8) is 0 Å². The fourth-order valence-electron chi connectivity index (χ4n) is 1.44. The Morgan fingerprint density at radius 1 is 1.31 bits per heavy atom. The molecule has 5 nitrogen and oxygen atoms in total. The zero-order valence-electron chi connectivity index (χ0n) is 9.75. The summed E-state index contributed by atoms with van der Waals surface area (Å²) in [4.78, 5) is 10.0. The Balaban J connectivity index is 2.78. The number of aliphatic hydroxyl groups excluding tert-OH is 1. The van der Waals surface area contributed by atoms with Gasteiger partial charge in [0.25, 0.3) is 5.69 Å². The van der Waals surface area contributed by atoms with E-state index in [1.807, 2.05) is 21.1 Å². The summed E-state index contributed by atoms with van der Waals surface area (Å²) >= 11 is 0. The largest absolute Gasteiger partial charge is 0.382 e. The lowest BCUT2D eigenvalue weighted by atomic mass is 10.1. The van der Waals surface area contributed by atoms with E-state index >= 15 is 0 Å². The molecule has 0 aliphatic heterocycles. The van der Waals surface area contributed by atoms with Gasteiger partial charge in [0.1, 0.15) is 12.6 Å². The first-order valence-electron chi connectivity index (χ1n) is 5.02. The van der Waals surface area contributed by atoms with E-state index in [0.29, 0.717) is 16.6 Å². The van der Waals surface area contributed by atoms with Gasteiger partial charge in [-0.15, -0.1) is 0 Å². The number of benzene rings is 1. The maximum Gasteiger partial charge on any atom is 0.269 e. The number of non-ortho nitro benzene ring substituents is 1. The van der Waals surface area contributed by atoms with E-state index < -0.39 is 11.0 Å². The minimum Gasteiger partial charge on any atom is -0.382 e. The van der Waals surface area contributed by atoms with Crippen molar-refractivity contribution < 1.29 is 14.5 Å². The number of rotatable bonds is 4. The van der Waals surface area contributed by atoms with Crippen molar-refractivity contribution in [1.29, 1.82) is 0 Å². The van der Waals surface area contributed by atoms with E-state index in [4.69, 9.17) is 0 Å². The van der Waals surface area contributed by atoms with Crippen LogP contribution in [0.15, 0.2) is 24.3 Å². The summed E-state index contributed by atoms with van der Waals surface area (Å²) in [5.74, 6) is 0. The second-order valence-electron chi connectivity index (χ2n) is 4.84. The van der Waals surface area contributed by atoms with Crippen LogP contribution in [0.5, 0.6) is 0 Å². The molecule has 1 aromatic carbocycles. The number of nitro groups is 1. The molecule has 0 saturated carbocycles. The zero-order chi connectivity index (χ0) is 12.3. The molecular weight excluding hydrogens is 208 g/mol. The third kappa shape index (κ3) is 3.60. The quantitative estimate of drug-likeness (QED) is 0.477. The number of nitrogens with zero attached hydrogens (tertiary/aromatic N) is 2. The van der Waals surface area contributed by atoms with Gasteiger partial charge < -0.3 is 9.59 Å². The molecule has 0 radical (unpaired) electrons. The summed E-state index contributed by atoms with van der Waals surface area (Å²) in [5, 5.41) is 20.4. The highest BCUT2D eigenvalue weighted by atomic mass is 16.6. The van der Waals surface area contributed by atoms with Crippen molar-refractivity contribution in [1.82, 2.24) is 0 Å². The van der Waals surface area contributed by atoms with Crippen LogP contribution in [0, 0.1) is 10.1 Å². The smallest absolute Gasteiger partial charge is 0.269 e. The van der Waals surface area contributed by atoms with Crippen LogP contribution in [-0.4, -0.2) is 42.2 Å². The molecule has 0 aliphatic rings. The summed E-state index contributed by atoms with van der Waals surface area (Å²) in [6, 6.07) is 6.01. The molecule has 0 heterocycles. The second kappa shape index (κ2) is 4.59. The number of nitro benzene ring substituents is 1. The predicted octanol–water partition coefficient (Wildman–Crippen LogP) is 1.33. The molecular formula is C11H17N2O3+. The number of aliphatic hydroxyl groups is 1. The van der Waals surface area contributed by atoms with Gasteiger partial charge in [0, 0.05) is 12.1 Å². The van der Waals surface area contributed by atoms with Gasteiger partial charge in [-0.3, -0.25) is 10.1 Å². The maximum atomic E-state index is 10.5. The topological polar surface area (TPSA) is 63.4 Å². The Kier molecular flexibility index (Phi) is 3.62. The van der Waals surface area contributed by atoms with Gasteiger partial charge in [0.2, 0.25) is 0 Å². The van der Waals surface area contributed by atoms with Crippen LogP contribution in [0.25, 0.3) is 0 Å². The van der Waals surface area contributed by atoms with Crippen LogP contribution >= 0.6 is 0 Å². The van der Waals surface area contributed by atoms with Crippen molar-refractivity contribution in [3.8, 4) is 0 Å². The van der Waals surface area contributed by atoms with Gasteiger partial charge in [0.05, 0.1) is 26.1 Å². The molecule has 16 heavy (non-hydrogen) atoms. The third-order valence-corrected chi connectivity index (χ3v) is 2.21. The highest BCUT2D eigenvalue weighted by Gasteiger charge is 2.17. The van der Waals surface area contributed by atoms with Crippen molar-refractivity contribution in [2.24, 2.45) is 0 Å². The minimum atomic E-state index is -0.596. The van der Waals surface area contributed by atoms with Gasteiger partial charge >= 0.3 is 0 Å². The van der Waals surface area contributed by atoms with Gasteiger partial charge in [-0.05, 0) is 17.7 Å². The standard InChI is InChI=1S/C11H17N2O3/c1-13(2,3)8-11(14)9-4-6-10(7-5-9)12(15)16/h4-7,11,14H,8H2,1-3H3/q+1. The van der Waals surface area contributed by atoms with Crippen molar-refractivity contribution in [2.75, 3.05) is 27.7 Å². The molecule has 1 atom stereocenters. The van der Waals surface area contributed by atoms with Crippen LogP contribution in [0.4, 0.5) is 5.69 Å². The second-order valence-corrected chi connectivity index (χ2v) is 4.84. The van der Waals surface area contributed by atoms with E-state index in [0.717, 1.165) is 0 Å². The van der Waals surface area contributed by atoms with Crippen LogP contribution < -0.4 is 0 Å². The van der Waals surface area contributed by atoms with E-state index in [1.54, 1.807) is 12.1 Å². The van der Waals surface area contributed by atoms with Gasteiger partial charge in [-0.2, -0.15) is 0 Å². The predicted molar refractivity (Wildman–Crippen MR) is 61.0 cm³/mol. The summed E-state index contributed by atoms with van der Waals surface area (Å²) in [5.41, 5.74) is 0.750. The fraction of sp³-hybridized carbons (Fsp3) is 0.455. The van der Waals surface area contributed by atoms with Gasteiger partial charge in [-0.25, -0.2) is 0 Å². The van der Waals surface area contributed by atoms with Crippen LogP contribution in [0.2, 0.25) is 0 Å². The van der Waals surface area contributed by atoms with E-state index in [2.05, 4.69) is 0 Å². The highest BCUT2D eigenvalue weighted by Crippen LogP contribution is 2.19. The third-order valence-electron chi connectivity index (χ3n) is 2.21. The average Bonchev–Trinajstić information content (AvgIpc) is 2.15. The van der Waals surface area contributed by atoms with Crippen LogP contribution in [0.1, 0.15) is 11.7 Å². The molecule has 88 valence electrons. The Hall–Kier alpha value is -1.46. The maximum absolute atomic E-state index is 10.5. The molecule has 1 N–H and O–H groups in total. The van der Waals surface area contributed by atoms with E-state index in [-0.39, 0.29) is 5.69 Å². The highest BCUT2D eigenvalue weighted by molar-refractivity contribution is 5.33. The summed E-state index contributed by atoms with van der Waals surface area (Å²) in [6.45, 7) is 0.567. The summed E-state index contributed by atoms with van der Waals surface area (Å²) in [7, 11) is 5.94. The van der Waals surface area contributed by atoms with Crippen molar-refractivity contribution in [2.45, 2.75) is 6.10 Å². The molecule has 0 bridgehead atoms. The number of hydrogen-bond donors (Lipinski definition) is 1. The average molecular weight is 225 g/mol. The van der Waals surface area contributed by atoms with Gasteiger partial charge in [0.15, 0.2) is 0 Å². The van der Waals surface area contributed by atoms with Crippen molar-refractivity contribution >= 4 is 5.69 Å². The molecule has 0 amide bonds. The monoisotopic (exact) mass is 225 g/mol. The van der Waals surface area contributed by atoms with Crippen LogP contribution in [0.3, 0.4) is 0 Å². The Morgan fingerprint density at radius 2 is 1.81 bits per heavy atom. The SMILES string of the molecule is C[N+](C)(C)CC(O)c1ccc([N+](=O)[O-])cc1. The molecule has 1 unspecified atom stereocenters. The lowest BCUT2D eigenvalue weighted by molar-refractivity contribution is -0.874. The number of quaternary nitrogens is 1. The van der Waals surface area contributed by atoms with E-state index in [9.17, 15) is 15.2 Å². The number of hydrogen-bond acceptors (Lipinski definition) is 3. The minimum absolute atomic E-state index is 0.0428. The molecule has 0 aromatic heterocycles. The van der Waals surface area contributed by atoms with E-state index in [1.165, 1.54) is 12.1 Å². The zero-order valence-corrected chi connectivity index (χ0v) is 9.75. The lowest BCUT2D eigenvalue weighted by Crippen LogP contribution is -2.38. The number of likely N-dealkylation sites (N-methyl/N-ethyl adjacent to an activating group) is 1. The molecule has 0 saturated heterocycles. The first-order chi connectivity index (χ1) is 7.29. The molecule has 1 aromatic rings. The van der Waals surface area contributed by atoms with Gasteiger partial charge in [-0.1, -0.05) is 0 Å². The summed E-state index contributed by atoms with van der Waals surface area (Å²) < 4.78 is 0.637. The Bertz CT molecular complexity index is 368. The lowest BCUT2D eigenvalue weighted by Gasteiger charge is -2.26. The van der Waals surface area contributed by atoms with Crippen molar-refractivity contribution in [3.05, 3.63) is 39.9 Å². The molecule has 0 aliphatic carbocycles. The normalized spacial score (nSPS) is 13.5. The van der Waals surface area contributed by atoms with Crippen LogP contribution in [-0.2, 0) is 0 Å². The Labute approximate surface area is 94.7 Å². The summed E-state index contributed by atoms with van der Waals surface area (Å²) in [6.07, 6.45) is -0.596. The molecule has 5 heteroatoms. The first-order valence-corrected chi connectivity index (χ1v) is 5.02. The molecule has 0 fully saturated rings. The Morgan fingerprint density at radius 3 is 2.19 bits per heavy atom. The molecule has 0 spiro atoms.